The molecule has 0 aromatic heterocycles. The van der Waals surface area contributed by atoms with Crippen LogP contribution < -0.4 is 18.9 Å². The van der Waals surface area contributed by atoms with Gasteiger partial charge in [-0.25, -0.2) is 9.36 Å². The number of terminal acetylenes is 1. The first-order valence-corrected chi connectivity index (χ1v) is 3.64. The summed E-state index contributed by atoms with van der Waals surface area (Å²) in [5.74, 6) is 2.21. The monoisotopic (exact) mass is 182 g/mol. The van der Waals surface area contributed by atoms with Crippen molar-refractivity contribution in [3.63, 3.8) is 0 Å². The predicted molar refractivity (Wildman–Crippen MR) is 39.2 cm³/mol. The zero-order valence-corrected chi connectivity index (χ0v) is 7.84. The molecule has 0 aromatic carbocycles. The van der Waals surface area contributed by atoms with E-state index in [0.29, 0.717) is 6.42 Å². The van der Waals surface area contributed by atoms with Crippen LogP contribution in [0.5, 0.6) is 0 Å². The van der Waals surface area contributed by atoms with Crippen LogP contribution in [-0.4, -0.2) is 12.3 Å². The van der Waals surface area contributed by atoms with Crippen LogP contribution in [0.2, 0.25) is 0 Å². The van der Waals surface area contributed by atoms with E-state index < -0.39 is 20.9 Å². The molecule has 0 aromatic rings. The molecule has 0 aliphatic rings. The molecular weight excluding hydrogens is 174 g/mol. The van der Waals surface area contributed by atoms with Crippen LogP contribution in [0.1, 0.15) is 14.8 Å². The fraction of sp³-hybridized carbons (Fsp3) is 0.500. The largest absolute Gasteiger partial charge is 1.00 e. The van der Waals surface area contributed by atoms with Crippen LogP contribution in [-0.2, 0) is 13.8 Å². The third-order valence-corrected chi connectivity index (χ3v) is 1.13. The third-order valence-electron chi connectivity index (χ3n) is 0.907. The maximum Gasteiger partial charge on any atom is 1.00 e. The van der Waals surface area contributed by atoms with Crippen LogP contribution in [0.25, 0.3) is 0 Å². The van der Waals surface area contributed by atoms with Gasteiger partial charge in [-0.3, -0.25) is 0 Å². The van der Waals surface area contributed by atoms with Crippen molar-refractivity contribution in [3.05, 3.63) is 0 Å². The van der Waals surface area contributed by atoms with Crippen LogP contribution in [0.3, 0.4) is 0 Å². The van der Waals surface area contributed by atoms with Gasteiger partial charge < -0.3 is 10.7 Å². The summed E-state index contributed by atoms with van der Waals surface area (Å²) in [5, 5.41) is 0. The maximum atomic E-state index is 10.4. The zero-order valence-electron chi connectivity index (χ0n) is 7.94. The first-order valence-electron chi connectivity index (χ1n) is 2.91. The number of carbonyl (C=O) groups excluding carboxylic acids is 1. The topological polar surface area (TPSA) is 52.6 Å². The quantitative estimate of drug-likeness (QED) is 0.240. The van der Waals surface area contributed by atoms with Crippen LogP contribution in [0, 0.1) is 12.3 Å². The molecule has 6 heteroatoms. The van der Waals surface area contributed by atoms with Crippen LogP contribution >= 0.6 is 8.69 Å². The molecule has 0 aliphatic carbocycles. The number of ether oxygens (including phenoxy) is 1. The van der Waals surface area contributed by atoms with Crippen molar-refractivity contribution < 1.29 is 38.9 Å². The summed E-state index contributed by atoms with van der Waals surface area (Å²) in [7, 11) is -0.737. The average Bonchev–Trinajstić information content (AvgIpc) is 2.01. The summed E-state index contributed by atoms with van der Waals surface area (Å²) in [6.45, 7) is 1.76. The first-order chi connectivity index (χ1) is 5.24. The smallest absolute Gasteiger partial charge is 1.00 e. The SMILES string of the molecule is C#CC(CC)OC(=O)OP=O.[H-].[Li+]. The van der Waals surface area contributed by atoms with Crippen molar-refractivity contribution in [2.45, 2.75) is 19.4 Å². The van der Waals surface area contributed by atoms with Gasteiger partial charge in [0.2, 0.25) is 0 Å². The molecule has 0 bridgehead atoms. The Morgan fingerprint density at radius 2 is 2.42 bits per heavy atom. The Morgan fingerprint density at radius 1 is 1.83 bits per heavy atom. The Kier molecular flexibility index (Phi) is 10.1. The standard InChI is InChI=1S/C6H7O4P.Li.H/c1-3-5(4-2)9-6(7)10-11-8;;/h1,5H,4H2,2H3;;/q;+1;-1. The van der Waals surface area contributed by atoms with Crippen molar-refractivity contribution >= 4 is 14.8 Å². The summed E-state index contributed by atoms with van der Waals surface area (Å²) in [6.07, 6.45) is 3.84. The summed E-state index contributed by atoms with van der Waals surface area (Å²) in [5.41, 5.74) is 0. The number of hydrogen-bond donors (Lipinski definition) is 0. The number of carbonyl (C=O) groups is 1. The van der Waals surface area contributed by atoms with Gasteiger partial charge >= 0.3 is 33.7 Å². The minimum absolute atomic E-state index is 0. The van der Waals surface area contributed by atoms with Gasteiger partial charge in [0, 0.05) is 0 Å². The van der Waals surface area contributed by atoms with E-state index in [0.717, 1.165) is 0 Å². The van der Waals surface area contributed by atoms with E-state index in [1.54, 1.807) is 6.92 Å². The molecule has 12 heavy (non-hydrogen) atoms. The van der Waals surface area contributed by atoms with Gasteiger partial charge in [0.15, 0.2) is 6.10 Å². The number of hydrogen-bond acceptors (Lipinski definition) is 4. The second kappa shape index (κ2) is 8.62. The molecule has 0 spiro atoms. The average molecular weight is 182 g/mol. The number of rotatable bonds is 3. The molecule has 0 N–H and O–H groups in total. The van der Waals surface area contributed by atoms with E-state index in [4.69, 9.17) is 6.42 Å². The van der Waals surface area contributed by atoms with Crippen molar-refractivity contribution in [1.82, 2.24) is 0 Å². The van der Waals surface area contributed by atoms with E-state index in [-0.39, 0.29) is 20.3 Å². The Balaban J connectivity index is -0.000000500. The molecule has 0 aliphatic heterocycles. The van der Waals surface area contributed by atoms with Gasteiger partial charge in [-0.05, 0) is 6.42 Å². The minimum atomic E-state index is -1.02. The van der Waals surface area contributed by atoms with E-state index in [1.807, 2.05) is 0 Å². The van der Waals surface area contributed by atoms with Gasteiger partial charge in [-0.1, -0.05) is 12.8 Å². The van der Waals surface area contributed by atoms with Crippen molar-refractivity contribution in [3.8, 4) is 12.3 Å². The Hall–Kier alpha value is -0.473. The maximum absolute atomic E-state index is 10.4. The van der Waals surface area contributed by atoms with Gasteiger partial charge in [-0.15, -0.1) is 6.42 Å². The molecule has 1 atom stereocenters. The fourth-order valence-electron chi connectivity index (χ4n) is 0.403. The van der Waals surface area contributed by atoms with Crippen LogP contribution in [0.15, 0.2) is 0 Å². The summed E-state index contributed by atoms with van der Waals surface area (Å²) in [6, 6.07) is 0. The molecule has 0 saturated carbocycles. The van der Waals surface area contributed by atoms with Crippen molar-refractivity contribution in [1.29, 1.82) is 0 Å². The summed E-state index contributed by atoms with van der Waals surface area (Å²) < 4.78 is 18.1. The molecule has 62 valence electrons. The zero-order chi connectivity index (χ0) is 8.69. The predicted octanol–water partition coefficient (Wildman–Crippen LogP) is -1.13. The second-order valence-corrected chi connectivity index (χ2v) is 1.93. The molecule has 0 rings (SSSR count). The van der Waals surface area contributed by atoms with E-state index in [1.165, 1.54) is 0 Å². The van der Waals surface area contributed by atoms with Crippen molar-refractivity contribution in [2.24, 2.45) is 0 Å². The van der Waals surface area contributed by atoms with E-state index in [9.17, 15) is 9.36 Å². The normalized spacial score (nSPS) is 10.7. The van der Waals surface area contributed by atoms with Gasteiger partial charge in [-0.2, -0.15) is 0 Å². The molecule has 4 nitrogen and oxygen atoms in total. The molecule has 0 radical (unpaired) electrons. The van der Waals surface area contributed by atoms with E-state index >= 15 is 0 Å². The van der Waals surface area contributed by atoms with Gasteiger partial charge in [0.25, 0.3) is 0 Å². The first kappa shape index (κ1) is 14.1. The Morgan fingerprint density at radius 3 is 2.75 bits per heavy atom. The summed E-state index contributed by atoms with van der Waals surface area (Å²) >= 11 is 0. The molecule has 0 saturated heterocycles. The molecule has 0 amide bonds. The van der Waals surface area contributed by atoms with E-state index in [2.05, 4.69) is 15.2 Å². The van der Waals surface area contributed by atoms with Crippen molar-refractivity contribution in [2.75, 3.05) is 0 Å². The summed E-state index contributed by atoms with van der Waals surface area (Å²) in [4.78, 5) is 10.4. The third kappa shape index (κ3) is 6.25. The molecule has 1 unspecified atom stereocenters. The van der Waals surface area contributed by atoms with Gasteiger partial charge in [0.1, 0.15) is 0 Å². The fourth-order valence-corrected chi connectivity index (χ4v) is 0.507. The Bertz CT molecular complexity index is 194. The minimum Gasteiger partial charge on any atom is -1.00 e. The molecular formula is C6H8LiO4P. The molecule has 0 heterocycles. The molecule has 0 fully saturated rings. The van der Waals surface area contributed by atoms with Crippen LogP contribution in [0.4, 0.5) is 4.79 Å². The van der Waals surface area contributed by atoms with Gasteiger partial charge in [0.05, 0.1) is 0 Å². The second-order valence-electron chi connectivity index (χ2n) is 1.60. The Labute approximate surface area is 85.9 Å².